The highest BCUT2D eigenvalue weighted by Gasteiger charge is 2.34. The third-order valence-corrected chi connectivity index (χ3v) is 3.17. The largest absolute Gasteiger partial charge is 0.470 e. The molecule has 1 fully saturated rings. The fourth-order valence-corrected chi connectivity index (χ4v) is 2.27. The molecule has 2 rings (SSSR count). The van der Waals surface area contributed by atoms with Gasteiger partial charge >= 0.3 is 0 Å². The number of rotatable bonds is 5. The first kappa shape index (κ1) is 13.5. The Labute approximate surface area is 107 Å². The number of hydrogen-bond acceptors (Lipinski definition) is 8. The maximum atomic E-state index is 10.8. The Morgan fingerprint density at radius 3 is 2.79 bits per heavy atom. The summed E-state index contributed by atoms with van der Waals surface area (Å²) in [7, 11) is -3.72. The van der Waals surface area contributed by atoms with Gasteiger partial charge in [-0.05, 0) is 10.3 Å². The summed E-state index contributed by atoms with van der Waals surface area (Å²) in [5.41, 5.74) is 5.31. The molecule has 6 N–H and O–H groups in total. The van der Waals surface area contributed by atoms with Gasteiger partial charge in [-0.15, -0.1) is 0 Å². The first-order valence-electron chi connectivity index (χ1n) is 5.16. The number of oxime groups is 1. The third kappa shape index (κ3) is 3.30. The van der Waals surface area contributed by atoms with Crippen LogP contribution in [-0.4, -0.2) is 41.9 Å². The average Bonchev–Trinajstić information content (AvgIpc) is 2.71. The van der Waals surface area contributed by atoms with E-state index in [1.54, 1.807) is 0 Å². The summed E-state index contributed by atoms with van der Waals surface area (Å²) >= 11 is 0. The molecule has 0 aromatic carbocycles. The molecule has 1 aromatic heterocycles. The fourth-order valence-electron chi connectivity index (χ4n) is 1.61. The zero-order valence-corrected chi connectivity index (χ0v) is 10.4. The van der Waals surface area contributed by atoms with E-state index in [4.69, 9.17) is 20.8 Å². The van der Waals surface area contributed by atoms with Gasteiger partial charge in [-0.3, -0.25) is 0 Å². The van der Waals surface area contributed by atoms with E-state index < -0.39 is 10.2 Å². The molecule has 0 amide bonds. The molecule has 19 heavy (non-hydrogen) atoms. The van der Waals surface area contributed by atoms with Crippen LogP contribution in [0.15, 0.2) is 9.78 Å². The van der Waals surface area contributed by atoms with Gasteiger partial charge in [0.1, 0.15) is 6.10 Å². The summed E-state index contributed by atoms with van der Waals surface area (Å²) in [5, 5.41) is 23.0. The van der Waals surface area contributed by atoms with Crippen LogP contribution in [0.25, 0.3) is 0 Å². The zero-order chi connectivity index (χ0) is 14.0. The van der Waals surface area contributed by atoms with Crippen molar-refractivity contribution in [2.75, 3.05) is 0 Å². The Bertz CT molecular complexity index is 577. The number of amidine groups is 1. The van der Waals surface area contributed by atoms with Gasteiger partial charge in [-0.2, -0.15) is 13.1 Å². The van der Waals surface area contributed by atoms with Crippen LogP contribution in [-0.2, 0) is 10.2 Å². The molecule has 1 saturated carbocycles. The van der Waals surface area contributed by atoms with Crippen LogP contribution in [0.5, 0.6) is 5.88 Å². The summed E-state index contributed by atoms with van der Waals surface area (Å²) in [6, 6.07) is -0.285. The quantitative estimate of drug-likeness (QED) is 0.205. The van der Waals surface area contributed by atoms with Crippen LogP contribution in [0.1, 0.15) is 18.5 Å². The van der Waals surface area contributed by atoms with Crippen LogP contribution < -0.4 is 20.3 Å². The van der Waals surface area contributed by atoms with Crippen LogP contribution in [0.2, 0.25) is 0 Å². The highest BCUT2D eigenvalue weighted by atomic mass is 32.2. The predicted molar refractivity (Wildman–Crippen MR) is 60.5 cm³/mol. The Hall–Kier alpha value is -1.92. The Morgan fingerprint density at radius 1 is 1.53 bits per heavy atom. The van der Waals surface area contributed by atoms with Gasteiger partial charge in [0.15, 0.2) is 5.84 Å². The van der Waals surface area contributed by atoms with E-state index in [-0.39, 0.29) is 29.6 Å². The van der Waals surface area contributed by atoms with Crippen LogP contribution >= 0.6 is 0 Å². The number of hydrogen-bond donors (Lipinski definition) is 4. The van der Waals surface area contributed by atoms with Crippen molar-refractivity contribution < 1.29 is 23.0 Å². The molecular weight excluding hydrogens is 280 g/mol. The van der Waals surface area contributed by atoms with Crippen LogP contribution in [0.3, 0.4) is 0 Å². The molecule has 1 heterocycles. The molecule has 12 heteroatoms. The van der Waals surface area contributed by atoms with Crippen molar-refractivity contribution in [1.82, 2.24) is 15.0 Å². The summed E-state index contributed by atoms with van der Waals surface area (Å²) in [5.74, 6) is -0.316. The van der Waals surface area contributed by atoms with Crippen molar-refractivity contribution in [2.24, 2.45) is 16.0 Å². The van der Waals surface area contributed by atoms with Crippen molar-refractivity contribution in [3.05, 3.63) is 5.69 Å². The molecule has 106 valence electrons. The van der Waals surface area contributed by atoms with E-state index in [1.165, 1.54) is 0 Å². The molecule has 0 aliphatic heterocycles. The summed E-state index contributed by atoms with van der Waals surface area (Å²) < 4.78 is 33.6. The minimum Gasteiger partial charge on any atom is -0.470 e. The highest BCUT2D eigenvalue weighted by molar-refractivity contribution is 7.87. The molecular formula is C7H12N6O5S. The normalized spacial score (nSPS) is 23.9. The average molecular weight is 292 g/mol. The number of nitrogens with zero attached hydrogens (tertiary/aromatic N) is 3. The van der Waals surface area contributed by atoms with Gasteiger partial charge < -0.3 is 15.7 Å². The number of aromatic nitrogens is 2. The van der Waals surface area contributed by atoms with Crippen LogP contribution in [0, 0.1) is 0 Å². The predicted octanol–water partition coefficient (Wildman–Crippen LogP) is -2.13. The van der Waals surface area contributed by atoms with E-state index in [9.17, 15) is 8.42 Å². The number of nitrogens with two attached hydrogens (primary N) is 2. The first-order valence-corrected chi connectivity index (χ1v) is 6.71. The van der Waals surface area contributed by atoms with E-state index in [1.807, 2.05) is 0 Å². The van der Waals surface area contributed by atoms with E-state index in [0.29, 0.717) is 12.8 Å². The SMILES string of the molecule is NC(=NO)c1nonc1O[C@H]1C[C@@H](NS(N)(=O)=O)C1. The molecule has 0 spiro atoms. The van der Waals surface area contributed by atoms with Gasteiger partial charge in [0.05, 0.1) is 0 Å². The maximum Gasteiger partial charge on any atom is 0.287 e. The molecule has 0 saturated heterocycles. The summed E-state index contributed by atoms with van der Waals surface area (Å²) in [6.45, 7) is 0. The Kier molecular flexibility index (Phi) is 3.55. The van der Waals surface area contributed by atoms with Gasteiger partial charge in [0.2, 0.25) is 5.69 Å². The molecule has 1 aromatic rings. The molecule has 1 aliphatic carbocycles. The molecule has 1 aliphatic rings. The second kappa shape index (κ2) is 4.99. The van der Waals surface area contributed by atoms with Gasteiger partial charge in [-0.1, -0.05) is 5.16 Å². The van der Waals surface area contributed by atoms with Crippen molar-refractivity contribution in [3.8, 4) is 5.88 Å². The fraction of sp³-hybridized carbons (Fsp3) is 0.571. The van der Waals surface area contributed by atoms with Gasteiger partial charge in [0.25, 0.3) is 16.1 Å². The Morgan fingerprint density at radius 2 is 2.21 bits per heavy atom. The van der Waals surface area contributed by atoms with E-state index >= 15 is 0 Å². The lowest BCUT2D eigenvalue weighted by molar-refractivity contribution is 0.0847. The van der Waals surface area contributed by atoms with Crippen molar-refractivity contribution in [2.45, 2.75) is 25.0 Å². The number of ether oxygens (including phenoxy) is 1. The van der Waals surface area contributed by atoms with E-state index in [2.05, 4.69) is 24.8 Å². The first-order chi connectivity index (χ1) is 8.89. The molecule has 0 atom stereocenters. The summed E-state index contributed by atoms with van der Waals surface area (Å²) in [4.78, 5) is 0. The number of nitrogens with one attached hydrogen (secondary N) is 1. The van der Waals surface area contributed by atoms with Gasteiger partial charge in [0, 0.05) is 18.9 Å². The third-order valence-electron chi connectivity index (χ3n) is 2.51. The van der Waals surface area contributed by atoms with Crippen molar-refractivity contribution >= 4 is 16.0 Å². The van der Waals surface area contributed by atoms with E-state index in [0.717, 1.165) is 0 Å². The van der Waals surface area contributed by atoms with Crippen molar-refractivity contribution in [3.63, 3.8) is 0 Å². The minimum absolute atomic E-state index is 0.0191. The second-order valence-electron chi connectivity index (χ2n) is 3.97. The zero-order valence-electron chi connectivity index (χ0n) is 9.55. The highest BCUT2D eigenvalue weighted by Crippen LogP contribution is 2.26. The van der Waals surface area contributed by atoms with Crippen molar-refractivity contribution in [1.29, 1.82) is 0 Å². The Balaban J connectivity index is 1.90. The summed E-state index contributed by atoms with van der Waals surface area (Å²) in [6.07, 6.45) is 0.550. The van der Waals surface area contributed by atoms with Crippen LogP contribution in [0.4, 0.5) is 0 Å². The lowest BCUT2D eigenvalue weighted by Gasteiger charge is -2.34. The lowest BCUT2D eigenvalue weighted by Crippen LogP contribution is -2.50. The monoisotopic (exact) mass is 292 g/mol. The lowest BCUT2D eigenvalue weighted by atomic mass is 9.90. The smallest absolute Gasteiger partial charge is 0.287 e. The molecule has 11 nitrogen and oxygen atoms in total. The minimum atomic E-state index is -3.72. The maximum absolute atomic E-state index is 10.8. The van der Waals surface area contributed by atoms with Gasteiger partial charge in [-0.25, -0.2) is 9.77 Å². The topological polar surface area (TPSA) is 179 Å². The molecule has 0 radical (unpaired) electrons. The molecule has 0 bridgehead atoms. The standard InChI is InChI=1S/C7H12N6O5S/c8-6(10-14)5-7(12-18-11-5)17-4-1-3(2-4)13-19(9,15)16/h3-4,13-14H,1-2H2,(H2,8,10)(H2,9,15,16)/t3-,4+. The second-order valence-corrected chi connectivity index (χ2v) is 5.30. The molecule has 0 unspecified atom stereocenters.